The third kappa shape index (κ3) is 5.27. The van der Waals surface area contributed by atoms with Crippen molar-refractivity contribution in [3.05, 3.63) is 0 Å². The molecule has 178 valence electrons. The van der Waals surface area contributed by atoms with Crippen molar-refractivity contribution in [3.8, 4) is 0 Å². The van der Waals surface area contributed by atoms with Gasteiger partial charge < -0.3 is 0 Å². The van der Waals surface area contributed by atoms with E-state index in [1.165, 1.54) is 0 Å². The number of rotatable bonds is 17. The Morgan fingerprint density at radius 3 is 1.27 bits per heavy atom. The topological polar surface area (TPSA) is 58.9 Å². The molecule has 4 nitrogen and oxygen atoms in total. The van der Waals surface area contributed by atoms with Gasteiger partial charge in [-0.15, -0.1) is 0 Å². The van der Waals surface area contributed by atoms with E-state index in [0.29, 0.717) is 19.3 Å². The lowest BCUT2D eigenvalue weighted by atomic mass is 9.44. The fourth-order valence-corrected chi connectivity index (χ4v) is 6.34. The molecular formula is C25H51BO4. The highest BCUT2D eigenvalue weighted by atomic mass is 17.1. The van der Waals surface area contributed by atoms with Crippen LogP contribution in [-0.2, 0) is 9.78 Å². The first-order valence-corrected chi connectivity index (χ1v) is 12.5. The van der Waals surface area contributed by atoms with Crippen LogP contribution in [0.25, 0.3) is 0 Å². The molecule has 2 unspecified atom stereocenters. The summed E-state index contributed by atoms with van der Waals surface area (Å²) in [6.45, 7) is 19.4. The van der Waals surface area contributed by atoms with Gasteiger partial charge in [-0.05, 0) is 55.8 Å². The Balaban J connectivity index is 6.72. The minimum atomic E-state index is -0.655. The van der Waals surface area contributed by atoms with Gasteiger partial charge in [0.05, 0.1) is 7.85 Å². The number of hydrogen-bond donors (Lipinski definition) is 2. The molecule has 0 heterocycles. The first kappa shape index (κ1) is 29.9. The molecule has 0 saturated heterocycles. The van der Waals surface area contributed by atoms with Crippen molar-refractivity contribution in [2.45, 2.75) is 144 Å². The minimum Gasteiger partial charge on any atom is -0.251 e. The zero-order valence-corrected chi connectivity index (χ0v) is 21.5. The van der Waals surface area contributed by atoms with Crippen molar-refractivity contribution in [3.63, 3.8) is 0 Å². The molecule has 0 aromatic rings. The van der Waals surface area contributed by atoms with E-state index in [1.54, 1.807) is 0 Å². The summed E-state index contributed by atoms with van der Waals surface area (Å²) in [5, 5.41) is 20.2. The van der Waals surface area contributed by atoms with Gasteiger partial charge >= 0.3 is 0 Å². The Morgan fingerprint density at radius 1 is 0.633 bits per heavy atom. The predicted octanol–water partition coefficient (Wildman–Crippen LogP) is 8.07. The van der Waals surface area contributed by atoms with Crippen LogP contribution in [0.4, 0.5) is 0 Å². The molecule has 2 N–H and O–H groups in total. The molecule has 0 fully saturated rings. The summed E-state index contributed by atoms with van der Waals surface area (Å²) in [6, 6.07) is 0. The molecule has 30 heavy (non-hydrogen) atoms. The fraction of sp³-hybridized carbons (Fsp3) is 1.00. The maximum Gasteiger partial charge on any atom is 0.104 e. The molecule has 2 atom stereocenters. The Bertz CT molecular complexity index is 436. The molecule has 2 radical (unpaired) electrons. The SMILES string of the molecule is [B]C(C(CC)(CC)CC)C(CC)(CC)C(OO)C(CC)(CC)CC(CC)(CC)OO. The molecule has 0 aliphatic carbocycles. The van der Waals surface area contributed by atoms with Crippen LogP contribution in [0.3, 0.4) is 0 Å². The Morgan fingerprint density at radius 2 is 1.03 bits per heavy atom. The van der Waals surface area contributed by atoms with Crippen LogP contribution < -0.4 is 0 Å². The van der Waals surface area contributed by atoms with Crippen molar-refractivity contribution in [1.29, 1.82) is 0 Å². The molecule has 0 aromatic carbocycles. The second-order valence-corrected chi connectivity index (χ2v) is 9.55. The van der Waals surface area contributed by atoms with Gasteiger partial charge in [-0.2, -0.15) is 0 Å². The second kappa shape index (κ2) is 12.8. The molecule has 0 rings (SSSR count). The van der Waals surface area contributed by atoms with Crippen LogP contribution in [0.2, 0.25) is 5.82 Å². The van der Waals surface area contributed by atoms with Gasteiger partial charge in [-0.25, -0.2) is 9.78 Å². The lowest BCUT2D eigenvalue weighted by Crippen LogP contribution is -2.55. The highest BCUT2D eigenvalue weighted by molar-refractivity contribution is 6.12. The molecule has 0 spiro atoms. The summed E-state index contributed by atoms with van der Waals surface area (Å²) in [6.07, 6.45) is 7.83. The Labute approximate surface area is 188 Å². The minimum absolute atomic E-state index is 0.00387. The third-order valence-electron chi connectivity index (χ3n) is 9.46. The fourth-order valence-electron chi connectivity index (χ4n) is 6.34. The maximum atomic E-state index is 10.4. The highest BCUT2D eigenvalue weighted by Gasteiger charge is 2.56. The van der Waals surface area contributed by atoms with E-state index in [2.05, 4.69) is 48.5 Å². The molecule has 0 saturated carbocycles. The quantitative estimate of drug-likeness (QED) is 0.140. The van der Waals surface area contributed by atoms with E-state index in [9.17, 15) is 10.5 Å². The molecule has 0 aliphatic rings. The summed E-state index contributed by atoms with van der Waals surface area (Å²) in [5.41, 5.74) is -1.41. The van der Waals surface area contributed by atoms with Crippen LogP contribution >= 0.6 is 0 Å². The van der Waals surface area contributed by atoms with Crippen molar-refractivity contribution in [2.75, 3.05) is 0 Å². The van der Waals surface area contributed by atoms with E-state index in [4.69, 9.17) is 17.6 Å². The van der Waals surface area contributed by atoms with Crippen molar-refractivity contribution in [1.82, 2.24) is 0 Å². The summed E-state index contributed by atoms with van der Waals surface area (Å²) in [5.74, 6) is -0.109. The zero-order valence-electron chi connectivity index (χ0n) is 21.5. The van der Waals surface area contributed by atoms with E-state index < -0.39 is 11.7 Å². The van der Waals surface area contributed by atoms with E-state index >= 15 is 0 Å². The largest absolute Gasteiger partial charge is 0.251 e. The van der Waals surface area contributed by atoms with Crippen LogP contribution in [0.1, 0.15) is 127 Å². The van der Waals surface area contributed by atoms with Gasteiger partial charge in [-0.1, -0.05) is 87.4 Å². The molecule has 0 bridgehead atoms. The van der Waals surface area contributed by atoms with Crippen LogP contribution in [0, 0.1) is 16.2 Å². The summed E-state index contributed by atoms with van der Waals surface area (Å²) in [7, 11) is 7.16. The first-order chi connectivity index (χ1) is 14.2. The average molecular weight is 426 g/mol. The standard InChI is InChI=1S/C25H51BO4/c1-10-22(11-2,12-3)20(26)25(17-8,18-9)21(29-27)23(13-4,14-5)19-24(15-6,16-7)30-28/h20-21,27-28H,10-19H2,1-9H3. The summed E-state index contributed by atoms with van der Waals surface area (Å²) >= 11 is 0. The van der Waals surface area contributed by atoms with Gasteiger partial charge in [-0.3, -0.25) is 10.5 Å². The van der Waals surface area contributed by atoms with Crippen molar-refractivity contribution in [2.24, 2.45) is 16.2 Å². The average Bonchev–Trinajstić information content (AvgIpc) is 2.81. The monoisotopic (exact) mass is 426 g/mol. The lowest BCUT2D eigenvalue weighted by Gasteiger charge is -2.57. The lowest BCUT2D eigenvalue weighted by molar-refractivity contribution is -0.362. The van der Waals surface area contributed by atoms with E-state index in [0.717, 1.165) is 44.9 Å². The van der Waals surface area contributed by atoms with Gasteiger partial charge in [0, 0.05) is 5.41 Å². The second-order valence-electron chi connectivity index (χ2n) is 9.55. The van der Waals surface area contributed by atoms with Crippen LogP contribution in [0.15, 0.2) is 0 Å². The molecular weight excluding hydrogens is 375 g/mol. The van der Waals surface area contributed by atoms with Crippen molar-refractivity contribution >= 4 is 7.85 Å². The van der Waals surface area contributed by atoms with Gasteiger partial charge in [0.15, 0.2) is 0 Å². The summed E-state index contributed by atoms with van der Waals surface area (Å²) in [4.78, 5) is 10.5. The predicted molar refractivity (Wildman–Crippen MR) is 128 cm³/mol. The zero-order chi connectivity index (χ0) is 23.6. The van der Waals surface area contributed by atoms with E-state index in [1.807, 2.05) is 13.8 Å². The molecule has 0 amide bonds. The first-order valence-electron chi connectivity index (χ1n) is 12.5. The molecule has 5 heteroatoms. The van der Waals surface area contributed by atoms with Crippen LogP contribution in [-0.4, -0.2) is 30.1 Å². The number of hydrogen-bond acceptors (Lipinski definition) is 4. The maximum absolute atomic E-state index is 10.4. The molecule has 0 aromatic heterocycles. The smallest absolute Gasteiger partial charge is 0.104 e. The van der Waals surface area contributed by atoms with Gasteiger partial charge in [0.2, 0.25) is 0 Å². The third-order valence-corrected chi connectivity index (χ3v) is 9.46. The highest BCUT2D eigenvalue weighted by Crippen LogP contribution is 2.60. The van der Waals surface area contributed by atoms with Crippen LogP contribution in [0.5, 0.6) is 0 Å². The Hall–Kier alpha value is -0.0951. The van der Waals surface area contributed by atoms with Crippen molar-refractivity contribution < 1.29 is 20.3 Å². The van der Waals surface area contributed by atoms with E-state index in [-0.39, 0.29) is 22.1 Å². The van der Waals surface area contributed by atoms with Gasteiger partial charge in [0.1, 0.15) is 11.7 Å². The Kier molecular flexibility index (Phi) is 12.8. The normalized spacial score (nSPS) is 16.0. The molecule has 0 aliphatic heterocycles. The van der Waals surface area contributed by atoms with Gasteiger partial charge in [0.25, 0.3) is 0 Å². The summed E-state index contributed by atoms with van der Waals surface area (Å²) < 4.78 is 0.